The maximum absolute atomic E-state index is 11.3. The number of carbonyl (C=O) groups is 1. The Bertz CT molecular complexity index is 405. The van der Waals surface area contributed by atoms with Gasteiger partial charge in [0, 0.05) is 18.3 Å². The minimum absolute atomic E-state index is 0.368. The number of rotatable bonds is 6. The third-order valence-corrected chi connectivity index (χ3v) is 2.33. The third kappa shape index (κ3) is 3.71. The average molecular weight is 237 g/mol. The van der Waals surface area contributed by atoms with Crippen LogP contribution in [-0.2, 0) is 0 Å². The molecule has 1 aromatic rings. The molecule has 0 bridgehead atoms. The zero-order valence-corrected chi connectivity index (χ0v) is 10.5. The monoisotopic (exact) mass is 237 g/mol. The predicted molar refractivity (Wildman–Crippen MR) is 66.3 cm³/mol. The second kappa shape index (κ2) is 6.20. The van der Waals surface area contributed by atoms with Gasteiger partial charge in [0.1, 0.15) is 17.9 Å². The Morgan fingerprint density at radius 1 is 1.53 bits per heavy atom. The molecule has 0 radical (unpaired) electrons. The number of hydrogen-bond donors (Lipinski definition) is 2. The summed E-state index contributed by atoms with van der Waals surface area (Å²) >= 11 is 0. The van der Waals surface area contributed by atoms with E-state index in [-0.39, 0.29) is 0 Å². The van der Waals surface area contributed by atoms with Crippen molar-refractivity contribution < 1.29 is 9.53 Å². The van der Waals surface area contributed by atoms with E-state index in [1.807, 2.05) is 13.8 Å². The molecule has 1 aromatic heterocycles. The molecule has 0 saturated carbocycles. The Labute approximate surface area is 101 Å². The molecule has 3 N–H and O–H groups in total. The van der Waals surface area contributed by atoms with Crippen LogP contribution in [0.2, 0.25) is 0 Å². The van der Waals surface area contributed by atoms with E-state index >= 15 is 0 Å². The van der Waals surface area contributed by atoms with Crippen LogP contribution >= 0.6 is 0 Å². The van der Waals surface area contributed by atoms with E-state index in [0.717, 1.165) is 18.8 Å². The zero-order valence-electron chi connectivity index (χ0n) is 10.5. The highest BCUT2D eigenvalue weighted by Gasteiger charge is 2.14. The van der Waals surface area contributed by atoms with Crippen molar-refractivity contribution in [2.75, 3.05) is 19.7 Å². The highest BCUT2D eigenvalue weighted by Crippen LogP contribution is 2.21. The fourth-order valence-electron chi connectivity index (χ4n) is 1.62. The molecule has 17 heavy (non-hydrogen) atoms. The molecule has 1 amide bonds. The number of primary amides is 1. The number of pyridine rings is 1. The number of nitrogens with zero attached hydrogens (tertiary/aromatic N) is 1. The van der Waals surface area contributed by atoms with Gasteiger partial charge in [-0.05, 0) is 20.4 Å². The first kappa shape index (κ1) is 13.4. The van der Waals surface area contributed by atoms with Crippen LogP contribution in [0.4, 0.5) is 0 Å². The maximum Gasteiger partial charge on any atom is 0.254 e. The van der Waals surface area contributed by atoms with Gasteiger partial charge in [-0.1, -0.05) is 6.92 Å². The van der Waals surface area contributed by atoms with Crippen LogP contribution in [-0.4, -0.2) is 30.6 Å². The van der Waals surface area contributed by atoms with Crippen molar-refractivity contribution in [2.45, 2.75) is 20.8 Å². The summed E-state index contributed by atoms with van der Waals surface area (Å²) in [5.41, 5.74) is 7.11. The fourth-order valence-corrected chi connectivity index (χ4v) is 1.62. The van der Waals surface area contributed by atoms with Crippen LogP contribution in [0.3, 0.4) is 0 Å². The van der Waals surface area contributed by atoms with Crippen molar-refractivity contribution >= 4 is 5.91 Å². The Kier molecular flexibility index (Phi) is 4.90. The van der Waals surface area contributed by atoms with Crippen LogP contribution in [0.1, 0.15) is 28.7 Å². The molecule has 0 aliphatic carbocycles. The maximum atomic E-state index is 11.3. The molecule has 0 unspecified atom stereocenters. The minimum Gasteiger partial charge on any atom is -0.491 e. The normalized spacial score (nSPS) is 10.3. The first-order valence-electron chi connectivity index (χ1n) is 5.67. The number of carbonyl (C=O) groups excluding carboxylic acids is 1. The van der Waals surface area contributed by atoms with Crippen molar-refractivity contribution in [2.24, 2.45) is 5.73 Å². The number of amides is 1. The van der Waals surface area contributed by atoms with Crippen molar-refractivity contribution in [3.63, 3.8) is 0 Å². The smallest absolute Gasteiger partial charge is 0.254 e. The van der Waals surface area contributed by atoms with Crippen molar-refractivity contribution in [1.29, 1.82) is 0 Å². The minimum atomic E-state index is -0.506. The van der Waals surface area contributed by atoms with Gasteiger partial charge in [-0.25, -0.2) is 0 Å². The molecule has 0 aliphatic heterocycles. The molecule has 0 aliphatic rings. The Morgan fingerprint density at radius 2 is 2.24 bits per heavy atom. The quantitative estimate of drug-likeness (QED) is 0.717. The van der Waals surface area contributed by atoms with Crippen molar-refractivity contribution in [3.05, 3.63) is 23.0 Å². The lowest BCUT2D eigenvalue weighted by Gasteiger charge is -2.12. The van der Waals surface area contributed by atoms with Gasteiger partial charge in [-0.2, -0.15) is 0 Å². The van der Waals surface area contributed by atoms with Gasteiger partial charge in [0.05, 0.1) is 5.69 Å². The Morgan fingerprint density at radius 3 is 2.82 bits per heavy atom. The zero-order chi connectivity index (χ0) is 12.8. The molecule has 1 heterocycles. The number of hydrogen-bond acceptors (Lipinski definition) is 4. The SMILES string of the molecule is CCNCCOc1cc(C)nc(C)c1C(N)=O. The number of nitrogens with one attached hydrogen (secondary N) is 1. The second-order valence-corrected chi connectivity index (χ2v) is 3.79. The number of nitrogens with two attached hydrogens (primary N) is 1. The average Bonchev–Trinajstić information content (AvgIpc) is 2.22. The summed E-state index contributed by atoms with van der Waals surface area (Å²) in [6.45, 7) is 7.75. The van der Waals surface area contributed by atoms with Crippen LogP contribution in [0.5, 0.6) is 5.75 Å². The van der Waals surface area contributed by atoms with Gasteiger partial charge in [0.15, 0.2) is 0 Å². The number of aryl methyl sites for hydroxylation is 2. The summed E-state index contributed by atoms with van der Waals surface area (Å²) in [6.07, 6.45) is 0. The number of aromatic nitrogens is 1. The molecule has 1 rings (SSSR count). The topological polar surface area (TPSA) is 77.2 Å². The highest BCUT2D eigenvalue weighted by atomic mass is 16.5. The number of ether oxygens (including phenoxy) is 1. The predicted octanol–water partition coefficient (Wildman–Crippen LogP) is 0.786. The van der Waals surface area contributed by atoms with Gasteiger partial charge in [-0.3, -0.25) is 9.78 Å². The lowest BCUT2D eigenvalue weighted by molar-refractivity contribution is 0.0995. The standard InChI is InChI=1S/C12H19N3O2/c1-4-14-5-6-17-10-7-8(2)15-9(3)11(10)12(13)16/h7,14H,4-6H2,1-3H3,(H2,13,16). The molecule has 0 spiro atoms. The van der Waals surface area contributed by atoms with E-state index < -0.39 is 5.91 Å². The first-order chi connectivity index (χ1) is 8.06. The summed E-state index contributed by atoms with van der Waals surface area (Å²) in [5, 5.41) is 3.14. The molecule has 0 atom stereocenters. The van der Waals surface area contributed by atoms with Gasteiger partial charge in [0.2, 0.25) is 0 Å². The summed E-state index contributed by atoms with van der Waals surface area (Å²) in [6, 6.07) is 1.74. The summed E-state index contributed by atoms with van der Waals surface area (Å²) in [7, 11) is 0. The fraction of sp³-hybridized carbons (Fsp3) is 0.500. The summed E-state index contributed by atoms with van der Waals surface area (Å²) in [5.74, 6) is 0.00820. The lowest BCUT2D eigenvalue weighted by atomic mass is 10.1. The van der Waals surface area contributed by atoms with Gasteiger partial charge in [0.25, 0.3) is 5.91 Å². The van der Waals surface area contributed by atoms with E-state index in [9.17, 15) is 4.79 Å². The van der Waals surface area contributed by atoms with E-state index in [1.165, 1.54) is 0 Å². The van der Waals surface area contributed by atoms with E-state index in [4.69, 9.17) is 10.5 Å². The van der Waals surface area contributed by atoms with E-state index in [0.29, 0.717) is 23.6 Å². The van der Waals surface area contributed by atoms with E-state index in [1.54, 1.807) is 13.0 Å². The Hall–Kier alpha value is -1.62. The van der Waals surface area contributed by atoms with Crippen LogP contribution in [0, 0.1) is 13.8 Å². The number of likely N-dealkylation sites (N-methyl/N-ethyl adjacent to an activating group) is 1. The second-order valence-electron chi connectivity index (χ2n) is 3.79. The third-order valence-electron chi connectivity index (χ3n) is 2.33. The summed E-state index contributed by atoms with van der Waals surface area (Å²) in [4.78, 5) is 15.5. The molecule has 5 heteroatoms. The van der Waals surface area contributed by atoms with E-state index in [2.05, 4.69) is 10.3 Å². The molecular weight excluding hydrogens is 218 g/mol. The molecule has 94 valence electrons. The molecule has 0 saturated heterocycles. The van der Waals surface area contributed by atoms with Gasteiger partial charge < -0.3 is 15.8 Å². The van der Waals surface area contributed by atoms with Crippen LogP contribution in [0.15, 0.2) is 6.07 Å². The van der Waals surface area contributed by atoms with Crippen LogP contribution in [0.25, 0.3) is 0 Å². The molecule has 5 nitrogen and oxygen atoms in total. The molecular formula is C12H19N3O2. The van der Waals surface area contributed by atoms with Crippen LogP contribution < -0.4 is 15.8 Å². The Balaban J connectivity index is 2.85. The van der Waals surface area contributed by atoms with Gasteiger partial charge in [-0.15, -0.1) is 0 Å². The highest BCUT2D eigenvalue weighted by molar-refractivity contribution is 5.96. The molecule has 0 fully saturated rings. The van der Waals surface area contributed by atoms with Gasteiger partial charge >= 0.3 is 0 Å². The summed E-state index contributed by atoms with van der Waals surface area (Å²) < 4.78 is 5.56. The largest absolute Gasteiger partial charge is 0.491 e. The molecule has 0 aromatic carbocycles. The first-order valence-corrected chi connectivity index (χ1v) is 5.67. The van der Waals surface area contributed by atoms with Crippen molar-refractivity contribution in [1.82, 2.24) is 10.3 Å². The lowest BCUT2D eigenvalue weighted by Crippen LogP contribution is -2.22. The van der Waals surface area contributed by atoms with Crippen molar-refractivity contribution in [3.8, 4) is 5.75 Å².